The number of rotatable bonds is 2. The molecular formula is C17H11FN2O4S. The molecule has 0 radical (unpaired) electrons. The Labute approximate surface area is 143 Å². The van der Waals surface area contributed by atoms with Crippen LogP contribution in [-0.4, -0.2) is 21.5 Å². The van der Waals surface area contributed by atoms with E-state index in [1.807, 2.05) is 6.07 Å². The summed E-state index contributed by atoms with van der Waals surface area (Å²) in [6.07, 6.45) is 1.11. The zero-order valence-corrected chi connectivity index (χ0v) is 13.7. The van der Waals surface area contributed by atoms with Gasteiger partial charge in [0.15, 0.2) is 4.91 Å². The summed E-state index contributed by atoms with van der Waals surface area (Å²) in [5, 5.41) is 9.05. The number of hydrogen-bond acceptors (Lipinski definition) is 6. The molecule has 0 aromatic heterocycles. The van der Waals surface area contributed by atoms with E-state index in [0.29, 0.717) is 11.3 Å². The van der Waals surface area contributed by atoms with Crippen molar-refractivity contribution in [2.75, 3.05) is 12.0 Å². The lowest BCUT2D eigenvalue weighted by molar-refractivity contribution is -0.135. The maximum absolute atomic E-state index is 13.6. The number of carbonyl (C=O) groups excluding carboxylic acids is 1. The van der Waals surface area contributed by atoms with Gasteiger partial charge in [0, 0.05) is 11.9 Å². The number of esters is 1. The van der Waals surface area contributed by atoms with Crippen molar-refractivity contribution >= 4 is 27.2 Å². The third kappa shape index (κ3) is 2.75. The van der Waals surface area contributed by atoms with Crippen LogP contribution >= 0.6 is 0 Å². The number of nitrogens with zero attached hydrogens (tertiary/aromatic N) is 2. The lowest BCUT2D eigenvalue weighted by Gasteiger charge is -2.28. The average Bonchev–Trinajstić information content (AvgIpc) is 2.61. The topological polar surface area (TPSA) is 87.5 Å². The molecule has 1 aliphatic heterocycles. The van der Waals surface area contributed by atoms with Crippen LogP contribution in [-0.2, 0) is 19.4 Å². The molecule has 1 aliphatic rings. The summed E-state index contributed by atoms with van der Waals surface area (Å²) in [6.45, 7) is 0. The van der Waals surface area contributed by atoms with E-state index in [-0.39, 0.29) is 10.6 Å². The number of methoxy groups -OCH3 is 1. The van der Waals surface area contributed by atoms with Gasteiger partial charge in [-0.2, -0.15) is 5.26 Å². The first-order valence-corrected chi connectivity index (χ1v) is 8.51. The number of benzene rings is 2. The summed E-state index contributed by atoms with van der Waals surface area (Å²) in [7, 11) is -3.18. The van der Waals surface area contributed by atoms with Crippen molar-refractivity contribution in [1.82, 2.24) is 0 Å². The van der Waals surface area contributed by atoms with E-state index in [0.717, 1.165) is 25.4 Å². The van der Waals surface area contributed by atoms with Crippen molar-refractivity contribution in [3.8, 4) is 6.07 Å². The van der Waals surface area contributed by atoms with E-state index >= 15 is 0 Å². The SMILES string of the molecule is COC(=O)C1=CN(c2cccc(C#N)c2)c2ccc(F)cc2S1(=O)=O. The lowest BCUT2D eigenvalue weighted by Crippen LogP contribution is -2.26. The van der Waals surface area contributed by atoms with Crippen LogP contribution in [0.15, 0.2) is 58.5 Å². The summed E-state index contributed by atoms with van der Waals surface area (Å²) in [4.78, 5) is 12.4. The molecule has 0 saturated heterocycles. The normalized spacial score (nSPS) is 14.9. The largest absolute Gasteiger partial charge is 0.465 e. The Balaban J connectivity index is 2.30. The highest BCUT2D eigenvalue weighted by molar-refractivity contribution is 7.96. The second-order valence-corrected chi connectivity index (χ2v) is 7.02. The Morgan fingerprint density at radius 3 is 2.68 bits per heavy atom. The van der Waals surface area contributed by atoms with Crippen molar-refractivity contribution in [1.29, 1.82) is 5.26 Å². The fourth-order valence-electron chi connectivity index (χ4n) is 2.48. The van der Waals surface area contributed by atoms with Gasteiger partial charge in [0.2, 0.25) is 9.84 Å². The zero-order valence-electron chi connectivity index (χ0n) is 12.9. The molecule has 0 saturated carbocycles. The number of carbonyl (C=O) groups is 1. The fraction of sp³-hybridized carbons (Fsp3) is 0.0588. The Morgan fingerprint density at radius 1 is 1.24 bits per heavy atom. The number of hydrogen-bond donors (Lipinski definition) is 0. The molecule has 2 aromatic carbocycles. The number of ether oxygens (including phenoxy) is 1. The maximum Gasteiger partial charge on any atom is 0.351 e. The number of anilines is 2. The molecule has 0 atom stereocenters. The second kappa shape index (κ2) is 6.03. The Bertz CT molecular complexity index is 1050. The van der Waals surface area contributed by atoms with Crippen LogP contribution in [0.25, 0.3) is 0 Å². The minimum Gasteiger partial charge on any atom is -0.465 e. The first-order valence-electron chi connectivity index (χ1n) is 7.02. The Hall–Kier alpha value is -3.18. The number of sulfone groups is 1. The summed E-state index contributed by atoms with van der Waals surface area (Å²) in [5.41, 5.74) is 0.968. The number of nitriles is 1. The lowest BCUT2D eigenvalue weighted by atomic mass is 10.2. The molecule has 0 amide bonds. The van der Waals surface area contributed by atoms with Crippen LogP contribution in [0.1, 0.15) is 5.56 Å². The predicted octanol–water partition coefficient (Wildman–Crippen LogP) is 2.64. The van der Waals surface area contributed by atoms with Crippen molar-refractivity contribution in [3.05, 3.63) is 65.0 Å². The molecule has 6 nitrogen and oxygen atoms in total. The molecule has 126 valence electrons. The minimum absolute atomic E-state index is 0.171. The van der Waals surface area contributed by atoms with E-state index in [4.69, 9.17) is 5.26 Å². The van der Waals surface area contributed by atoms with Gasteiger partial charge in [-0.3, -0.25) is 0 Å². The van der Waals surface area contributed by atoms with Crippen molar-refractivity contribution in [2.24, 2.45) is 0 Å². The van der Waals surface area contributed by atoms with Crippen LogP contribution in [0, 0.1) is 17.1 Å². The summed E-state index contributed by atoms with van der Waals surface area (Å²) < 4.78 is 43.5. The van der Waals surface area contributed by atoms with Crippen LogP contribution < -0.4 is 4.90 Å². The van der Waals surface area contributed by atoms with Crippen LogP contribution in [0.3, 0.4) is 0 Å². The first-order chi connectivity index (χ1) is 11.9. The van der Waals surface area contributed by atoms with E-state index < -0.39 is 26.5 Å². The zero-order chi connectivity index (χ0) is 18.2. The first kappa shape index (κ1) is 16.7. The van der Waals surface area contributed by atoms with E-state index in [2.05, 4.69) is 4.74 Å². The van der Waals surface area contributed by atoms with Crippen molar-refractivity contribution in [3.63, 3.8) is 0 Å². The molecule has 0 fully saturated rings. The van der Waals surface area contributed by atoms with Crippen LogP contribution in [0.2, 0.25) is 0 Å². The maximum atomic E-state index is 13.6. The van der Waals surface area contributed by atoms with Gasteiger partial charge < -0.3 is 9.64 Å². The molecule has 0 N–H and O–H groups in total. The van der Waals surface area contributed by atoms with Gasteiger partial charge in [-0.05, 0) is 36.4 Å². The van der Waals surface area contributed by atoms with E-state index in [1.165, 1.54) is 17.0 Å². The standard InChI is InChI=1S/C17H11FN2O4S/c1-24-17(21)16-10-20(13-4-2-3-11(7-13)9-19)14-6-5-12(18)8-15(14)25(16,22)23/h2-8,10H,1H3. The van der Waals surface area contributed by atoms with Gasteiger partial charge in [-0.15, -0.1) is 0 Å². The number of fused-ring (bicyclic) bond motifs is 1. The molecule has 3 rings (SSSR count). The van der Waals surface area contributed by atoms with Gasteiger partial charge in [-0.1, -0.05) is 6.07 Å². The summed E-state index contributed by atoms with van der Waals surface area (Å²) in [6, 6.07) is 11.6. The third-order valence-electron chi connectivity index (χ3n) is 3.65. The minimum atomic E-state index is -4.23. The van der Waals surface area contributed by atoms with E-state index in [9.17, 15) is 17.6 Å². The summed E-state index contributed by atoms with van der Waals surface area (Å²) >= 11 is 0. The molecule has 0 spiro atoms. The Kier molecular flexibility index (Phi) is 4.02. The average molecular weight is 358 g/mol. The third-order valence-corrected chi connectivity index (χ3v) is 5.40. The predicted molar refractivity (Wildman–Crippen MR) is 87.0 cm³/mol. The summed E-state index contributed by atoms with van der Waals surface area (Å²) in [5.74, 6) is -1.81. The van der Waals surface area contributed by atoms with Gasteiger partial charge in [0.1, 0.15) is 5.82 Å². The monoisotopic (exact) mass is 358 g/mol. The fourth-order valence-corrected chi connectivity index (χ4v) is 3.97. The molecule has 25 heavy (non-hydrogen) atoms. The molecule has 0 unspecified atom stereocenters. The van der Waals surface area contributed by atoms with E-state index in [1.54, 1.807) is 18.2 Å². The smallest absolute Gasteiger partial charge is 0.351 e. The quantitative estimate of drug-likeness (QED) is 0.767. The highest BCUT2D eigenvalue weighted by Gasteiger charge is 2.36. The van der Waals surface area contributed by atoms with Crippen LogP contribution in [0.4, 0.5) is 15.8 Å². The van der Waals surface area contributed by atoms with Crippen molar-refractivity contribution < 1.29 is 22.3 Å². The molecule has 1 heterocycles. The highest BCUT2D eigenvalue weighted by Crippen LogP contribution is 2.40. The molecular weight excluding hydrogens is 347 g/mol. The highest BCUT2D eigenvalue weighted by atomic mass is 32.2. The second-order valence-electron chi connectivity index (χ2n) is 5.13. The van der Waals surface area contributed by atoms with Gasteiger partial charge in [0.05, 0.1) is 29.3 Å². The van der Waals surface area contributed by atoms with Gasteiger partial charge in [-0.25, -0.2) is 17.6 Å². The molecule has 0 aliphatic carbocycles. The van der Waals surface area contributed by atoms with Gasteiger partial charge >= 0.3 is 5.97 Å². The molecule has 2 aromatic rings. The number of halogens is 1. The molecule has 0 bridgehead atoms. The molecule has 8 heteroatoms. The Morgan fingerprint density at radius 2 is 2.00 bits per heavy atom. The van der Waals surface area contributed by atoms with Crippen molar-refractivity contribution in [2.45, 2.75) is 4.90 Å². The van der Waals surface area contributed by atoms with Crippen LogP contribution in [0.5, 0.6) is 0 Å². The van der Waals surface area contributed by atoms with Gasteiger partial charge in [0.25, 0.3) is 0 Å².